The van der Waals surface area contributed by atoms with Crippen molar-refractivity contribution in [3.63, 3.8) is 0 Å². The van der Waals surface area contributed by atoms with E-state index in [1.54, 1.807) is 12.1 Å². The van der Waals surface area contributed by atoms with E-state index in [9.17, 15) is 4.79 Å². The third-order valence-corrected chi connectivity index (χ3v) is 1.74. The number of carboxylic acids is 1. The van der Waals surface area contributed by atoms with E-state index in [0.29, 0.717) is 6.61 Å². The van der Waals surface area contributed by atoms with Gasteiger partial charge in [0.25, 0.3) is 0 Å². The van der Waals surface area contributed by atoms with Crippen LogP contribution >= 0.6 is 0 Å². The zero-order valence-corrected chi connectivity index (χ0v) is 9.69. The second kappa shape index (κ2) is 5.09. The molecule has 4 nitrogen and oxygen atoms in total. The zero-order valence-electron chi connectivity index (χ0n) is 9.69. The Morgan fingerprint density at radius 1 is 1.25 bits per heavy atom. The van der Waals surface area contributed by atoms with Crippen LogP contribution in [0.5, 0.6) is 0 Å². The molecule has 1 aromatic carbocycles. The summed E-state index contributed by atoms with van der Waals surface area (Å²) >= 11 is 0. The minimum atomic E-state index is -0.932. The standard InChI is InChI=1S/C12H16O4/c1-12(2,3)16-15-8-9-4-6-10(7-5-9)11(13)14/h4-7H,8H2,1-3H3,(H,13,14). The fourth-order valence-electron chi connectivity index (χ4n) is 1.02. The Morgan fingerprint density at radius 3 is 2.25 bits per heavy atom. The van der Waals surface area contributed by atoms with Crippen molar-refractivity contribution in [3.8, 4) is 0 Å². The number of carboxylic acid groups (broad SMARTS) is 1. The number of rotatable bonds is 4. The quantitative estimate of drug-likeness (QED) is 0.631. The number of benzene rings is 1. The minimum absolute atomic E-state index is 0.264. The highest BCUT2D eigenvalue weighted by atomic mass is 17.2. The largest absolute Gasteiger partial charge is 0.478 e. The average molecular weight is 224 g/mol. The van der Waals surface area contributed by atoms with Gasteiger partial charge in [-0.3, -0.25) is 0 Å². The minimum Gasteiger partial charge on any atom is -0.478 e. The van der Waals surface area contributed by atoms with Crippen LogP contribution in [0.15, 0.2) is 24.3 Å². The maximum atomic E-state index is 10.6. The summed E-state index contributed by atoms with van der Waals surface area (Å²) in [5, 5.41) is 8.70. The highest BCUT2D eigenvalue weighted by molar-refractivity contribution is 5.87. The van der Waals surface area contributed by atoms with Crippen LogP contribution in [0, 0.1) is 0 Å². The molecule has 0 heterocycles. The molecule has 16 heavy (non-hydrogen) atoms. The van der Waals surface area contributed by atoms with Gasteiger partial charge in [0.2, 0.25) is 0 Å². The maximum Gasteiger partial charge on any atom is 0.335 e. The molecule has 1 aromatic rings. The second-order valence-electron chi connectivity index (χ2n) is 4.46. The van der Waals surface area contributed by atoms with Crippen molar-refractivity contribution in [2.75, 3.05) is 0 Å². The van der Waals surface area contributed by atoms with Gasteiger partial charge in [-0.1, -0.05) is 12.1 Å². The van der Waals surface area contributed by atoms with Gasteiger partial charge >= 0.3 is 5.97 Å². The third kappa shape index (κ3) is 4.42. The maximum absolute atomic E-state index is 10.6. The third-order valence-electron chi connectivity index (χ3n) is 1.74. The van der Waals surface area contributed by atoms with Crippen molar-refractivity contribution in [3.05, 3.63) is 35.4 Å². The fourth-order valence-corrected chi connectivity index (χ4v) is 1.02. The summed E-state index contributed by atoms with van der Waals surface area (Å²) in [4.78, 5) is 20.7. The Kier molecular flexibility index (Phi) is 4.04. The Morgan fingerprint density at radius 2 is 1.81 bits per heavy atom. The molecule has 0 aliphatic carbocycles. The summed E-state index contributed by atoms with van der Waals surface area (Å²) in [7, 11) is 0. The zero-order chi connectivity index (χ0) is 12.2. The summed E-state index contributed by atoms with van der Waals surface area (Å²) in [6.45, 7) is 5.97. The Hall–Kier alpha value is -1.39. The predicted octanol–water partition coefficient (Wildman–Crippen LogP) is 2.63. The van der Waals surface area contributed by atoms with Gasteiger partial charge in [-0.25, -0.2) is 14.6 Å². The van der Waals surface area contributed by atoms with E-state index in [1.165, 1.54) is 12.1 Å². The molecule has 0 amide bonds. The molecule has 0 aromatic heterocycles. The lowest BCUT2D eigenvalue weighted by atomic mass is 10.1. The Labute approximate surface area is 94.7 Å². The van der Waals surface area contributed by atoms with Gasteiger partial charge in [-0.15, -0.1) is 0 Å². The molecule has 0 radical (unpaired) electrons. The van der Waals surface area contributed by atoms with Gasteiger partial charge < -0.3 is 5.11 Å². The van der Waals surface area contributed by atoms with E-state index in [0.717, 1.165) is 5.56 Å². The summed E-state index contributed by atoms with van der Waals surface area (Å²) < 4.78 is 0. The lowest BCUT2D eigenvalue weighted by Gasteiger charge is -2.17. The molecule has 4 heteroatoms. The molecular weight excluding hydrogens is 208 g/mol. The van der Waals surface area contributed by atoms with Gasteiger partial charge in [-0.2, -0.15) is 0 Å². The first-order valence-corrected chi connectivity index (χ1v) is 5.01. The lowest BCUT2D eigenvalue weighted by Crippen LogP contribution is -2.19. The van der Waals surface area contributed by atoms with Crippen LogP contribution in [0.2, 0.25) is 0 Å². The Bertz CT molecular complexity index is 348. The number of hydrogen-bond donors (Lipinski definition) is 1. The first kappa shape index (κ1) is 12.7. The van der Waals surface area contributed by atoms with E-state index in [-0.39, 0.29) is 11.2 Å². The molecule has 0 saturated carbocycles. The van der Waals surface area contributed by atoms with Crippen LogP contribution in [-0.4, -0.2) is 16.7 Å². The van der Waals surface area contributed by atoms with E-state index < -0.39 is 5.97 Å². The lowest BCUT2D eigenvalue weighted by molar-refractivity contribution is -0.356. The van der Waals surface area contributed by atoms with Crippen LogP contribution in [0.25, 0.3) is 0 Å². The van der Waals surface area contributed by atoms with Crippen molar-refractivity contribution in [1.29, 1.82) is 0 Å². The van der Waals surface area contributed by atoms with Gasteiger partial charge in [0, 0.05) is 0 Å². The van der Waals surface area contributed by atoms with Crippen molar-refractivity contribution in [2.24, 2.45) is 0 Å². The van der Waals surface area contributed by atoms with E-state index in [2.05, 4.69) is 0 Å². The summed E-state index contributed by atoms with van der Waals surface area (Å²) in [5.74, 6) is -0.932. The van der Waals surface area contributed by atoms with Crippen molar-refractivity contribution >= 4 is 5.97 Å². The van der Waals surface area contributed by atoms with E-state index >= 15 is 0 Å². The molecule has 1 N–H and O–H groups in total. The average Bonchev–Trinajstić information content (AvgIpc) is 2.16. The summed E-state index contributed by atoms with van der Waals surface area (Å²) in [6.07, 6.45) is 0. The van der Waals surface area contributed by atoms with Crippen LogP contribution in [0.1, 0.15) is 36.7 Å². The molecule has 0 unspecified atom stereocenters. The summed E-state index contributed by atoms with van der Waals surface area (Å²) in [6, 6.07) is 6.49. The fraction of sp³-hybridized carbons (Fsp3) is 0.417. The van der Waals surface area contributed by atoms with Gasteiger partial charge in [0.15, 0.2) is 0 Å². The highest BCUT2D eigenvalue weighted by Crippen LogP contribution is 2.10. The molecular formula is C12H16O4. The second-order valence-corrected chi connectivity index (χ2v) is 4.46. The number of aromatic carboxylic acids is 1. The molecule has 0 saturated heterocycles. The summed E-state index contributed by atoms with van der Waals surface area (Å²) in [5.41, 5.74) is 0.788. The first-order chi connectivity index (χ1) is 7.38. The van der Waals surface area contributed by atoms with Crippen LogP contribution in [-0.2, 0) is 16.4 Å². The monoisotopic (exact) mass is 224 g/mol. The van der Waals surface area contributed by atoms with Crippen molar-refractivity contribution in [1.82, 2.24) is 0 Å². The van der Waals surface area contributed by atoms with Crippen LogP contribution < -0.4 is 0 Å². The highest BCUT2D eigenvalue weighted by Gasteiger charge is 2.11. The smallest absolute Gasteiger partial charge is 0.335 e. The number of carbonyl (C=O) groups is 1. The SMILES string of the molecule is CC(C)(C)OOCc1ccc(C(=O)O)cc1. The molecule has 1 rings (SSSR count). The molecule has 88 valence electrons. The van der Waals surface area contributed by atoms with E-state index in [1.807, 2.05) is 20.8 Å². The topological polar surface area (TPSA) is 55.8 Å². The van der Waals surface area contributed by atoms with E-state index in [4.69, 9.17) is 14.9 Å². The van der Waals surface area contributed by atoms with Crippen molar-refractivity contribution in [2.45, 2.75) is 33.0 Å². The molecule has 0 bridgehead atoms. The molecule has 0 aliphatic rings. The molecule has 0 atom stereocenters. The molecule has 0 spiro atoms. The van der Waals surface area contributed by atoms with Crippen LogP contribution in [0.3, 0.4) is 0 Å². The van der Waals surface area contributed by atoms with Gasteiger partial charge in [0.05, 0.1) is 11.2 Å². The molecule has 0 fully saturated rings. The predicted molar refractivity (Wildman–Crippen MR) is 59.0 cm³/mol. The van der Waals surface area contributed by atoms with Crippen LogP contribution in [0.4, 0.5) is 0 Å². The first-order valence-electron chi connectivity index (χ1n) is 5.01. The number of hydrogen-bond acceptors (Lipinski definition) is 3. The van der Waals surface area contributed by atoms with Gasteiger partial charge in [-0.05, 0) is 38.5 Å². The molecule has 0 aliphatic heterocycles. The Balaban J connectivity index is 2.47. The normalized spacial score (nSPS) is 11.4. The van der Waals surface area contributed by atoms with Gasteiger partial charge in [0.1, 0.15) is 6.61 Å². The van der Waals surface area contributed by atoms with Crippen molar-refractivity contribution < 1.29 is 19.7 Å².